The lowest BCUT2D eigenvalue weighted by molar-refractivity contribution is -0.137. The summed E-state index contributed by atoms with van der Waals surface area (Å²) in [4.78, 5) is 17.4. The molecule has 7 nitrogen and oxygen atoms in total. The molecule has 1 amide bonds. The number of nitrogens with zero attached hydrogens (tertiary/aromatic N) is 3. The molecule has 0 saturated carbocycles. The SMILES string of the molecule is COc1ccc(N2CCN(C(=O)[C@@H]3CCCN(S(=O)(=O)Cc4ccc(Cl)c(Cl)c4)C3)CC2)cc1. The number of halogens is 2. The molecule has 4 rings (SSSR count). The number of rotatable bonds is 6. The van der Waals surface area contributed by atoms with Crippen LogP contribution in [0.4, 0.5) is 5.69 Å². The maximum Gasteiger partial charge on any atom is 0.227 e. The van der Waals surface area contributed by atoms with Gasteiger partial charge in [-0.2, -0.15) is 0 Å². The van der Waals surface area contributed by atoms with Gasteiger partial charge in [0.1, 0.15) is 5.75 Å². The minimum Gasteiger partial charge on any atom is -0.497 e. The Labute approximate surface area is 211 Å². The van der Waals surface area contributed by atoms with Gasteiger partial charge in [0, 0.05) is 45.0 Å². The van der Waals surface area contributed by atoms with E-state index in [0.717, 1.165) is 24.5 Å². The smallest absolute Gasteiger partial charge is 0.227 e. The van der Waals surface area contributed by atoms with E-state index in [1.807, 2.05) is 29.2 Å². The first kappa shape index (κ1) is 25.1. The number of carbonyl (C=O) groups excluding carboxylic acids is 1. The number of anilines is 1. The molecule has 0 radical (unpaired) electrons. The predicted molar refractivity (Wildman–Crippen MR) is 135 cm³/mol. The van der Waals surface area contributed by atoms with Crippen molar-refractivity contribution in [3.8, 4) is 5.75 Å². The van der Waals surface area contributed by atoms with Crippen molar-refractivity contribution in [2.45, 2.75) is 18.6 Å². The quantitative estimate of drug-likeness (QED) is 0.572. The van der Waals surface area contributed by atoms with Gasteiger partial charge < -0.3 is 14.5 Å². The van der Waals surface area contributed by atoms with E-state index in [1.165, 1.54) is 4.31 Å². The van der Waals surface area contributed by atoms with E-state index in [2.05, 4.69) is 4.90 Å². The minimum absolute atomic E-state index is 0.0452. The number of methoxy groups -OCH3 is 1. The van der Waals surface area contributed by atoms with E-state index in [9.17, 15) is 13.2 Å². The molecule has 0 N–H and O–H groups in total. The average Bonchev–Trinajstić information content (AvgIpc) is 2.86. The molecule has 2 aromatic carbocycles. The standard InChI is InChI=1S/C24H29Cl2N3O4S/c1-33-21-7-5-20(6-8-21)27-11-13-28(14-12-27)24(30)19-3-2-10-29(16-19)34(31,32)17-18-4-9-22(25)23(26)15-18/h4-9,15,19H,2-3,10-14,16-17H2,1H3/t19-/m1/s1. The highest BCUT2D eigenvalue weighted by molar-refractivity contribution is 7.88. The minimum atomic E-state index is -3.57. The Bertz CT molecular complexity index is 1120. The third-order valence-corrected chi connectivity index (χ3v) is 9.04. The van der Waals surface area contributed by atoms with Crippen molar-refractivity contribution in [1.82, 2.24) is 9.21 Å². The maximum absolute atomic E-state index is 13.2. The molecule has 0 unspecified atom stereocenters. The highest BCUT2D eigenvalue weighted by atomic mass is 35.5. The molecule has 2 saturated heterocycles. The Morgan fingerprint density at radius 1 is 1.00 bits per heavy atom. The van der Waals surface area contributed by atoms with E-state index in [-0.39, 0.29) is 24.1 Å². The summed E-state index contributed by atoms with van der Waals surface area (Å²) in [6, 6.07) is 12.8. The van der Waals surface area contributed by atoms with Crippen LogP contribution in [0.5, 0.6) is 5.75 Å². The fraction of sp³-hybridized carbons (Fsp3) is 0.458. The van der Waals surface area contributed by atoms with E-state index in [1.54, 1.807) is 25.3 Å². The number of benzene rings is 2. The van der Waals surface area contributed by atoms with Crippen LogP contribution in [0.15, 0.2) is 42.5 Å². The summed E-state index contributed by atoms with van der Waals surface area (Å²) in [5.41, 5.74) is 1.68. The molecule has 2 aliphatic rings. The van der Waals surface area contributed by atoms with Crippen molar-refractivity contribution >= 4 is 44.8 Å². The van der Waals surface area contributed by atoms with Gasteiger partial charge in [-0.15, -0.1) is 0 Å². The van der Waals surface area contributed by atoms with Gasteiger partial charge >= 0.3 is 0 Å². The first-order chi connectivity index (χ1) is 16.3. The molecule has 0 aliphatic carbocycles. The molecule has 10 heteroatoms. The summed E-state index contributed by atoms with van der Waals surface area (Å²) < 4.78 is 32.8. The van der Waals surface area contributed by atoms with Crippen LogP contribution in [0.3, 0.4) is 0 Å². The van der Waals surface area contributed by atoms with Gasteiger partial charge in [0.05, 0.1) is 28.8 Å². The number of hydrogen-bond acceptors (Lipinski definition) is 5. The number of hydrogen-bond donors (Lipinski definition) is 0. The van der Waals surface area contributed by atoms with Crippen LogP contribution >= 0.6 is 23.2 Å². The van der Waals surface area contributed by atoms with Crippen molar-refractivity contribution in [2.75, 3.05) is 51.3 Å². The molecule has 2 fully saturated rings. The Balaban J connectivity index is 1.34. The second-order valence-corrected chi connectivity index (χ2v) is 11.5. The van der Waals surface area contributed by atoms with E-state index in [0.29, 0.717) is 48.1 Å². The number of carbonyl (C=O) groups is 1. The lowest BCUT2D eigenvalue weighted by atomic mass is 9.97. The number of amides is 1. The van der Waals surface area contributed by atoms with Crippen molar-refractivity contribution in [3.63, 3.8) is 0 Å². The fourth-order valence-corrected chi connectivity index (χ4v) is 6.48. The summed E-state index contributed by atoms with van der Waals surface area (Å²) in [5.74, 6) is 0.382. The van der Waals surface area contributed by atoms with Gasteiger partial charge in [-0.1, -0.05) is 29.3 Å². The zero-order valence-electron chi connectivity index (χ0n) is 19.1. The molecular formula is C24H29Cl2N3O4S. The number of piperazine rings is 1. The fourth-order valence-electron chi connectivity index (χ4n) is 4.56. The van der Waals surface area contributed by atoms with E-state index >= 15 is 0 Å². The van der Waals surface area contributed by atoms with Gasteiger partial charge in [0.15, 0.2) is 0 Å². The van der Waals surface area contributed by atoms with E-state index in [4.69, 9.17) is 27.9 Å². The first-order valence-corrected chi connectivity index (χ1v) is 13.7. The first-order valence-electron chi connectivity index (χ1n) is 11.4. The zero-order chi connectivity index (χ0) is 24.3. The average molecular weight is 526 g/mol. The normalized spacial score (nSPS) is 19.8. The highest BCUT2D eigenvalue weighted by Gasteiger charge is 2.35. The summed E-state index contributed by atoms with van der Waals surface area (Å²) in [6.45, 7) is 3.38. The highest BCUT2D eigenvalue weighted by Crippen LogP contribution is 2.27. The van der Waals surface area contributed by atoms with Crippen molar-refractivity contribution < 1.29 is 17.9 Å². The van der Waals surface area contributed by atoms with Crippen molar-refractivity contribution in [1.29, 1.82) is 0 Å². The Hall–Kier alpha value is -2.00. The summed E-state index contributed by atoms with van der Waals surface area (Å²) in [6.07, 6.45) is 1.37. The van der Waals surface area contributed by atoms with Gasteiger partial charge in [-0.25, -0.2) is 12.7 Å². The van der Waals surface area contributed by atoms with Crippen LogP contribution < -0.4 is 9.64 Å². The molecule has 184 valence electrons. The van der Waals surface area contributed by atoms with Crippen LogP contribution in [0, 0.1) is 5.92 Å². The molecule has 2 heterocycles. The maximum atomic E-state index is 13.2. The molecule has 0 spiro atoms. The topological polar surface area (TPSA) is 70.2 Å². The van der Waals surface area contributed by atoms with E-state index < -0.39 is 10.0 Å². The van der Waals surface area contributed by atoms with Crippen molar-refractivity contribution in [3.05, 3.63) is 58.1 Å². The third-order valence-electron chi connectivity index (χ3n) is 6.49. The van der Waals surface area contributed by atoms with Gasteiger partial charge in [-0.05, 0) is 54.8 Å². The number of ether oxygens (including phenoxy) is 1. The largest absolute Gasteiger partial charge is 0.497 e. The predicted octanol–water partition coefficient (Wildman–Crippen LogP) is 3.89. The molecule has 0 bridgehead atoms. The second-order valence-electron chi connectivity index (χ2n) is 8.71. The lowest BCUT2D eigenvalue weighted by Crippen LogP contribution is -2.53. The zero-order valence-corrected chi connectivity index (χ0v) is 21.4. The molecule has 1 atom stereocenters. The van der Waals surface area contributed by atoms with Crippen LogP contribution in [-0.2, 0) is 20.6 Å². The van der Waals surface area contributed by atoms with Crippen molar-refractivity contribution in [2.24, 2.45) is 5.92 Å². The summed E-state index contributed by atoms with van der Waals surface area (Å²) in [7, 11) is -1.93. The van der Waals surface area contributed by atoms with Gasteiger partial charge in [0.2, 0.25) is 15.9 Å². The Morgan fingerprint density at radius 2 is 1.71 bits per heavy atom. The Kier molecular flexibility index (Phi) is 7.92. The van der Waals surface area contributed by atoms with Crippen LogP contribution in [0.25, 0.3) is 0 Å². The molecule has 34 heavy (non-hydrogen) atoms. The van der Waals surface area contributed by atoms with Crippen LogP contribution in [0.1, 0.15) is 18.4 Å². The monoisotopic (exact) mass is 525 g/mol. The van der Waals surface area contributed by atoms with Gasteiger partial charge in [0.25, 0.3) is 0 Å². The number of piperidine rings is 1. The third kappa shape index (κ3) is 5.79. The van der Waals surface area contributed by atoms with Crippen LogP contribution in [0.2, 0.25) is 10.0 Å². The molecule has 0 aromatic heterocycles. The number of sulfonamides is 1. The Morgan fingerprint density at radius 3 is 2.35 bits per heavy atom. The second kappa shape index (κ2) is 10.7. The summed E-state index contributed by atoms with van der Waals surface area (Å²) in [5, 5.41) is 0.716. The lowest BCUT2D eigenvalue weighted by Gasteiger charge is -2.39. The van der Waals surface area contributed by atoms with Gasteiger partial charge in [-0.3, -0.25) is 4.79 Å². The molecule has 2 aromatic rings. The van der Waals surface area contributed by atoms with Crippen LogP contribution in [-0.4, -0.2) is 69.9 Å². The molecule has 2 aliphatic heterocycles. The molecular weight excluding hydrogens is 497 g/mol. The summed E-state index contributed by atoms with van der Waals surface area (Å²) >= 11 is 12.0.